The molecule has 0 saturated heterocycles. The molecular formula is C12H11NO. The van der Waals surface area contributed by atoms with E-state index < -0.39 is 5.60 Å². The van der Waals surface area contributed by atoms with Crippen molar-refractivity contribution >= 4 is 6.08 Å². The van der Waals surface area contributed by atoms with E-state index in [1.54, 1.807) is 0 Å². The first-order valence-corrected chi connectivity index (χ1v) is 4.58. The van der Waals surface area contributed by atoms with Crippen molar-refractivity contribution in [3.8, 4) is 11.8 Å². The minimum Gasteiger partial charge on any atom is -0.482 e. The molecule has 70 valence electrons. The van der Waals surface area contributed by atoms with Gasteiger partial charge in [-0.1, -0.05) is 24.3 Å². The molecule has 0 radical (unpaired) electrons. The Balaban J connectivity index is 2.34. The fraction of sp³-hybridized carbons (Fsp3) is 0.250. The topological polar surface area (TPSA) is 33.0 Å². The Labute approximate surface area is 83.4 Å². The summed E-state index contributed by atoms with van der Waals surface area (Å²) in [5.41, 5.74) is 0.603. The van der Waals surface area contributed by atoms with Gasteiger partial charge < -0.3 is 4.74 Å². The van der Waals surface area contributed by atoms with Crippen LogP contribution in [0.3, 0.4) is 0 Å². The van der Waals surface area contributed by atoms with Gasteiger partial charge in [-0.25, -0.2) is 0 Å². The fourth-order valence-corrected chi connectivity index (χ4v) is 1.51. The molecule has 1 heterocycles. The summed E-state index contributed by atoms with van der Waals surface area (Å²) in [7, 11) is 0. The molecule has 0 spiro atoms. The summed E-state index contributed by atoms with van der Waals surface area (Å²) in [6.45, 7) is 1.92. The third kappa shape index (κ3) is 1.49. The summed E-state index contributed by atoms with van der Waals surface area (Å²) in [5.74, 6) is 0.854. The molecule has 0 aliphatic carbocycles. The van der Waals surface area contributed by atoms with Crippen LogP contribution < -0.4 is 4.74 Å². The van der Waals surface area contributed by atoms with Crippen molar-refractivity contribution < 1.29 is 4.74 Å². The van der Waals surface area contributed by atoms with Gasteiger partial charge in [-0.15, -0.1) is 0 Å². The van der Waals surface area contributed by atoms with Gasteiger partial charge >= 0.3 is 0 Å². The van der Waals surface area contributed by atoms with Crippen LogP contribution in [-0.4, -0.2) is 5.60 Å². The van der Waals surface area contributed by atoms with Crippen molar-refractivity contribution in [1.82, 2.24) is 0 Å². The highest BCUT2D eigenvalue weighted by atomic mass is 16.5. The lowest BCUT2D eigenvalue weighted by molar-refractivity contribution is 0.143. The summed E-state index contributed by atoms with van der Waals surface area (Å²) in [4.78, 5) is 0. The first kappa shape index (κ1) is 8.83. The summed E-state index contributed by atoms with van der Waals surface area (Å²) in [5, 5.41) is 8.67. The molecule has 2 nitrogen and oxygen atoms in total. The van der Waals surface area contributed by atoms with Crippen LogP contribution in [0, 0.1) is 11.3 Å². The second-order valence-corrected chi connectivity index (χ2v) is 3.62. The van der Waals surface area contributed by atoms with E-state index in [4.69, 9.17) is 10.00 Å². The maximum Gasteiger partial charge on any atom is 0.138 e. The quantitative estimate of drug-likeness (QED) is 0.674. The lowest BCUT2D eigenvalue weighted by atomic mass is 9.98. The predicted octanol–water partition coefficient (Wildman–Crippen LogP) is 2.76. The number of rotatable bonds is 1. The van der Waals surface area contributed by atoms with Crippen LogP contribution in [0.4, 0.5) is 0 Å². The normalized spacial score (nSPS) is 23.4. The van der Waals surface area contributed by atoms with E-state index in [0.717, 1.165) is 11.3 Å². The zero-order chi connectivity index (χ0) is 10.0. The van der Waals surface area contributed by atoms with Gasteiger partial charge in [0.05, 0.1) is 12.5 Å². The molecule has 0 saturated carbocycles. The van der Waals surface area contributed by atoms with E-state index in [1.165, 1.54) is 0 Å². The first-order chi connectivity index (χ1) is 6.73. The van der Waals surface area contributed by atoms with Crippen molar-refractivity contribution in [3.63, 3.8) is 0 Å². The highest BCUT2D eigenvalue weighted by molar-refractivity contribution is 5.60. The third-order valence-electron chi connectivity index (χ3n) is 2.31. The largest absolute Gasteiger partial charge is 0.482 e. The number of para-hydroxylation sites is 1. The number of nitriles is 1. The standard InChI is InChI=1S/C12H11NO/c1-12(8-9-13)7-6-10-4-2-3-5-11(10)14-12/h2-7H,8H2,1H3. The van der Waals surface area contributed by atoms with E-state index in [2.05, 4.69) is 6.07 Å². The Bertz CT molecular complexity index is 417. The number of ether oxygens (including phenoxy) is 1. The predicted molar refractivity (Wildman–Crippen MR) is 54.7 cm³/mol. The maximum absolute atomic E-state index is 8.67. The minimum atomic E-state index is -0.469. The maximum atomic E-state index is 8.67. The zero-order valence-corrected chi connectivity index (χ0v) is 8.03. The van der Waals surface area contributed by atoms with Crippen LogP contribution in [0.5, 0.6) is 5.75 Å². The van der Waals surface area contributed by atoms with Gasteiger partial charge in [0, 0.05) is 5.56 Å². The van der Waals surface area contributed by atoms with Gasteiger partial charge in [-0.05, 0) is 19.1 Å². The fourth-order valence-electron chi connectivity index (χ4n) is 1.51. The molecule has 1 aliphatic heterocycles. The number of fused-ring (bicyclic) bond motifs is 1. The van der Waals surface area contributed by atoms with Crippen LogP contribution in [0.1, 0.15) is 18.9 Å². The third-order valence-corrected chi connectivity index (χ3v) is 2.31. The lowest BCUT2D eigenvalue weighted by Crippen LogP contribution is -2.31. The number of hydrogen-bond donors (Lipinski definition) is 0. The number of nitrogens with zero attached hydrogens (tertiary/aromatic N) is 1. The highest BCUT2D eigenvalue weighted by Gasteiger charge is 2.26. The Hall–Kier alpha value is -1.75. The van der Waals surface area contributed by atoms with E-state index in [9.17, 15) is 0 Å². The molecular weight excluding hydrogens is 174 g/mol. The van der Waals surface area contributed by atoms with Crippen LogP contribution in [-0.2, 0) is 0 Å². The van der Waals surface area contributed by atoms with Crippen molar-refractivity contribution in [2.24, 2.45) is 0 Å². The van der Waals surface area contributed by atoms with Gasteiger partial charge in [0.2, 0.25) is 0 Å². The van der Waals surface area contributed by atoms with Crippen molar-refractivity contribution in [2.75, 3.05) is 0 Å². The van der Waals surface area contributed by atoms with Crippen molar-refractivity contribution in [2.45, 2.75) is 18.9 Å². The summed E-state index contributed by atoms with van der Waals surface area (Å²) >= 11 is 0. The number of benzene rings is 1. The molecule has 2 rings (SSSR count). The molecule has 1 aliphatic rings. The van der Waals surface area contributed by atoms with Crippen LogP contribution in [0.2, 0.25) is 0 Å². The molecule has 1 aromatic rings. The van der Waals surface area contributed by atoms with Gasteiger partial charge in [0.15, 0.2) is 0 Å². The molecule has 0 bridgehead atoms. The lowest BCUT2D eigenvalue weighted by Gasteiger charge is -2.29. The van der Waals surface area contributed by atoms with E-state index in [-0.39, 0.29) is 0 Å². The molecule has 0 aromatic heterocycles. The minimum absolute atomic E-state index is 0.373. The number of hydrogen-bond acceptors (Lipinski definition) is 2. The second kappa shape index (κ2) is 3.19. The summed E-state index contributed by atoms with van der Waals surface area (Å²) < 4.78 is 5.75. The summed E-state index contributed by atoms with van der Waals surface area (Å²) in [6.07, 6.45) is 4.33. The Kier molecular flexibility index (Phi) is 2.01. The Morgan fingerprint density at radius 1 is 1.43 bits per heavy atom. The summed E-state index contributed by atoms with van der Waals surface area (Å²) in [6, 6.07) is 9.96. The first-order valence-electron chi connectivity index (χ1n) is 4.58. The van der Waals surface area contributed by atoms with E-state index >= 15 is 0 Å². The zero-order valence-electron chi connectivity index (χ0n) is 8.03. The molecule has 1 aromatic carbocycles. The van der Waals surface area contributed by atoms with Crippen LogP contribution >= 0.6 is 0 Å². The highest BCUT2D eigenvalue weighted by Crippen LogP contribution is 2.31. The van der Waals surface area contributed by atoms with Gasteiger partial charge in [-0.3, -0.25) is 0 Å². The van der Waals surface area contributed by atoms with Crippen LogP contribution in [0.25, 0.3) is 6.08 Å². The van der Waals surface area contributed by atoms with Gasteiger partial charge in [-0.2, -0.15) is 5.26 Å². The monoisotopic (exact) mass is 185 g/mol. The molecule has 0 amide bonds. The van der Waals surface area contributed by atoms with Crippen LogP contribution in [0.15, 0.2) is 30.3 Å². The van der Waals surface area contributed by atoms with E-state index in [0.29, 0.717) is 6.42 Å². The average molecular weight is 185 g/mol. The Morgan fingerprint density at radius 2 is 2.21 bits per heavy atom. The molecule has 14 heavy (non-hydrogen) atoms. The molecule has 1 unspecified atom stereocenters. The molecule has 0 N–H and O–H groups in total. The van der Waals surface area contributed by atoms with Crippen molar-refractivity contribution in [3.05, 3.63) is 35.9 Å². The second-order valence-electron chi connectivity index (χ2n) is 3.62. The molecule has 0 fully saturated rings. The smallest absolute Gasteiger partial charge is 0.138 e. The SMILES string of the molecule is CC1(CC#N)C=Cc2ccccc2O1. The average Bonchev–Trinajstić information content (AvgIpc) is 2.17. The Morgan fingerprint density at radius 3 is 3.00 bits per heavy atom. The molecule has 1 atom stereocenters. The van der Waals surface area contributed by atoms with Crippen molar-refractivity contribution in [1.29, 1.82) is 5.26 Å². The van der Waals surface area contributed by atoms with Gasteiger partial charge in [0.25, 0.3) is 0 Å². The van der Waals surface area contributed by atoms with Gasteiger partial charge in [0.1, 0.15) is 11.4 Å². The van der Waals surface area contributed by atoms with E-state index in [1.807, 2.05) is 43.3 Å². The molecule has 2 heteroatoms.